The third-order valence-electron chi connectivity index (χ3n) is 6.94. The SMILES string of the molecule is c1ccc([C@@]23O[C@@H]4O[C@H]5O[C@@](c6ccccc6)(O2)[C@@H]2[C@H]5C[C@H]4[C@H]23)cc1. The van der Waals surface area contributed by atoms with Crippen molar-refractivity contribution >= 4 is 0 Å². The van der Waals surface area contributed by atoms with Gasteiger partial charge in [0.05, 0.1) is 0 Å². The number of hydrogen-bond donors (Lipinski definition) is 0. The van der Waals surface area contributed by atoms with Gasteiger partial charge < -0.3 is 18.9 Å². The Bertz CT molecular complexity index is 785. The van der Waals surface area contributed by atoms with E-state index < -0.39 is 11.6 Å². The van der Waals surface area contributed by atoms with E-state index in [9.17, 15) is 0 Å². The summed E-state index contributed by atoms with van der Waals surface area (Å²) in [4.78, 5) is 0. The minimum atomic E-state index is -0.767. The van der Waals surface area contributed by atoms with E-state index in [1.807, 2.05) is 36.4 Å². The van der Waals surface area contributed by atoms with E-state index in [2.05, 4.69) is 24.3 Å². The summed E-state index contributed by atoms with van der Waals surface area (Å²) in [7, 11) is 0. The van der Waals surface area contributed by atoms with Gasteiger partial charge in [0, 0.05) is 34.8 Å². The minimum absolute atomic E-state index is 0.217. The molecule has 1 aliphatic carbocycles. The average Bonchev–Trinajstić information content (AvgIpc) is 3.33. The minimum Gasteiger partial charge on any atom is -0.323 e. The van der Waals surface area contributed by atoms with Crippen LogP contribution in [0.1, 0.15) is 17.5 Å². The van der Waals surface area contributed by atoms with E-state index in [0.717, 1.165) is 17.5 Å². The Morgan fingerprint density at radius 2 is 1.16 bits per heavy atom. The van der Waals surface area contributed by atoms with Crippen LogP contribution in [-0.4, -0.2) is 12.6 Å². The second-order valence-electron chi connectivity index (χ2n) is 7.89. The molecule has 0 spiro atoms. The largest absolute Gasteiger partial charge is 0.323 e. The number of ether oxygens (including phenoxy) is 4. The van der Waals surface area contributed by atoms with Gasteiger partial charge >= 0.3 is 0 Å². The molecular formula is C21H18O4. The van der Waals surface area contributed by atoms with Crippen LogP contribution < -0.4 is 0 Å². The lowest BCUT2D eigenvalue weighted by Crippen LogP contribution is -2.43. The third-order valence-corrected chi connectivity index (χ3v) is 6.94. The molecule has 0 aromatic heterocycles. The highest BCUT2D eigenvalue weighted by molar-refractivity contribution is 5.34. The van der Waals surface area contributed by atoms with Crippen molar-refractivity contribution in [2.24, 2.45) is 23.7 Å². The van der Waals surface area contributed by atoms with Crippen LogP contribution in [0.5, 0.6) is 0 Å². The van der Waals surface area contributed by atoms with E-state index in [0.29, 0.717) is 11.8 Å². The Morgan fingerprint density at radius 3 is 1.64 bits per heavy atom. The number of hydrogen-bond acceptors (Lipinski definition) is 4. The van der Waals surface area contributed by atoms with Gasteiger partial charge in [0.25, 0.3) is 0 Å². The van der Waals surface area contributed by atoms with Gasteiger partial charge in [-0.2, -0.15) is 0 Å². The summed E-state index contributed by atoms with van der Waals surface area (Å²) in [5, 5.41) is 0. The highest BCUT2D eigenvalue weighted by Crippen LogP contribution is 2.76. The Hall–Kier alpha value is -1.72. The molecule has 2 aromatic carbocycles. The molecule has 0 radical (unpaired) electrons. The molecule has 5 fully saturated rings. The molecular weight excluding hydrogens is 316 g/mol. The van der Waals surface area contributed by atoms with Gasteiger partial charge in [0.1, 0.15) is 0 Å². The van der Waals surface area contributed by atoms with Gasteiger partial charge in [-0.3, -0.25) is 0 Å². The van der Waals surface area contributed by atoms with Crippen molar-refractivity contribution in [3.05, 3.63) is 71.8 Å². The zero-order valence-electron chi connectivity index (χ0n) is 13.6. The fourth-order valence-electron chi connectivity index (χ4n) is 6.19. The molecule has 0 unspecified atom stereocenters. The summed E-state index contributed by atoms with van der Waals surface area (Å²) in [5.41, 5.74) is 2.15. The van der Waals surface area contributed by atoms with E-state index in [-0.39, 0.29) is 24.4 Å². The molecule has 2 aromatic rings. The molecule has 4 saturated heterocycles. The molecule has 4 heterocycles. The Labute approximate surface area is 145 Å². The maximum atomic E-state index is 6.83. The van der Waals surface area contributed by atoms with Crippen molar-refractivity contribution in [2.75, 3.05) is 0 Å². The zero-order chi connectivity index (χ0) is 16.2. The smallest absolute Gasteiger partial charge is 0.204 e. The highest BCUT2D eigenvalue weighted by Gasteiger charge is 2.83. The lowest BCUT2D eigenvalue weighted by molar-refractivity contribution is -0.421. The van der Waals surface area contributed by atoms with Crippen LogP contribution in [0.3, 0.4) is 0 Å². The molecule has 7 rings (SSSR count). The van der Waals surface area contributed by atoms with Crippen LogP contribution in [0.15, 0.2) is 60.7 Å². The highest BCUT2D eigenvalue weighted by atomic mass is 16.9. The van der Waals surface area contributed by atoms with Crippen LogP contribution >= 0.6 is 0 Å². The molecule has 4 nitrogen and oxygen atoms in total. The Morgan fingerprint density at radius 1 is 0.680 bits per heavy atom. The first-order chi connectivity index (χ1) is 12.3. The molecule has 126 valence electrons. The second-order valence-corrected chi connectivity index (χ2v) is 7.89. The quantitative estimate of drug-likeness (QED) is 0.844. The fourth-order valence-corrected chi connectivity index (χ4v) is 6.19. The first-order valence-corrected chi connectivity index (χ1v) is 9.14. The molecule has 8 atom stereocenters. The summed E-state index contributed by atoms with van der Waals surface area (Å²) in [6.45, 7) is 0. The second kappa shape index (κ2) is 4.15. The maximum Gasteiger partial charge on any atom is 0.204 e. The molecule has 4 aliphatic heterocycles. The molecule has 4 heteroatoms. The fraction of sp³-hybridized carbons (Fsp3) is 0.429. The lowest BCUT2D eigenvalue weighted by atomic mass is 9.78. The zero-order valence-corrected chi connectivity index (χ0v) is 13.6. The van der Waals surface area contributed by atoms with Crippen LogP contribution in [0.25, 0.3) is 0 Å². The van der Waals surface area contributed by atoms with Crippen molar-refractivity contribution in [2.45, 2.75) is 30.6 Å². The standard InChI is InChI=1S/C21H18O4/c1-3-7-12(8-4-1)20-16-14-11-15-17(16)21(25-20,13-9-5-2-6-10-13)24-19(15)22-18(14)23-20/h1-10,14-19H,11H2/t14-,15+,16-,17-,18+,19+,20+,21-/m1/s1. The van der Waals surface area contributed by atoms with Crippen molar-refractivity contribution in [1.82, 2.24) is 0 Å². The van der Waals surface area contributed by atoms with Crippen molar-refractivity contribution < 1.29 is 18.9 Å². The lowest BCUT2D eigenvalue weighted by Gasteiger charge is -2.39. The molecule has 1 saturated carbocycles. The number of benzene rings is 2. The van der Waals surface area contributed by atoms with E-state index in [1.54, 1.807) is 0 Å². The summed E-state index contributed by atoms with van der Waals surface area (Å²) in [6.07, 6.45) is 0.674. The van der Waals surface area contributed by atoms with E-state index in [1.165, 1.54) is 0 Å². The van der Waals surface area contributed by atoms with Gasteiger partial charge in [-0.15, -0.1) is 0 Å². The Kier molecular flexibility index (Phi) is 2.24. The van der Waals surface area contributed by atoms with E-state index in [4.69, 9.17) is 18.9 Å². The Balaban J connectivity index is 1.49. The van der Waals surface area contributed by atoms with Crippen LogP contribution in [0.2, 0.25) is 0 Å². The van der Waals surface area contributed by atoms with Gasteiger partial charge in [0.15, 0.2) is 12.6 Å². The topological polar surface area (TPSA) is 36.9 Å². The van der Waals surface area contributed by atoms with Gasteiger partial charge in [-0.05, 0) is 6.42 Å². The van der Waals surface area contributed by atoms with Crippen LogP contribution in [0.4, 0.5) is 0 Å². The van der Waals surface area contributed by atoms with Gasteiger partial charge in [-0.25, -0.2) is 0 Å². The average molecular weight is 334 g/mol. The monoisotopic (exact) mass is 334 g/mol. The first-order valence-electron chi connectivity index (χ1n) is 9.14. The normalized spacial score (nSPS) is 50.7. The molecule has 2 bridgehead atoms. The summed E-state index contributed by atoms with van der Waals surface area (Å²) >= 11 is 0. The van der Waals surface area contributed by atoms with Crippen LogP contribution in [0, 0.1) is 23.7 Å². The summed E-state index contributed by atoms with van der Waals surface area (Å²) in [5.74, 6) is -0.203. The molecule has 5 aliphatic rings. The summed E-state index contributed by atoms with van der Waals surface area (Å²) < 4.78 is 26.1. The van der Waals surface area contributed by atoms with Gasteiger partial charge in [-0.1, -0.05) is 60.7 Å². The van der Waals surface area contributed by atoms with Crippen molar-refractivity contribution in [1.29, 1.82) is 0 Å². The predicted octanol–water partition coefficient (Wildman–Crippen LogP) is 3.33. The van der Waals surface area contributed by atoms with Gasteiger partial charge in [0.2, 0.25) is 11.6 Å². The predicted molar refractivity (Wildman–Crippen MR) is 86.7 cm³/mol. The van der Waals surface area contributed by atoms with E-state index >= 15 is 0 Å². The van der Waals surface area contributed by atoms with Crippen molar-refractivity contribution in [3.63, 3.8) is 0 Å². The van der Waals surface area contributed by atoms with Crippen LogP contribution in [-0.2, 0) is 30.5 Å². The molecule has 0 amide bonds. The van der Waals surface area contributed by atoms with Crippen molar-refractivity contribution in [3.8, 4) is 0 Å². The maximum absolute atomic E-state index is 6.83. The molecule has 0 N–H and O–H groups in total. The molecule has 25 heavy (non-hydrogen) atoms. The first kappa shape index (κ1) is 13.5. The number of rotatable bonds is 2. The third kappa shape index (κ3) is 1.35. The summed E-state index contributed by atoms with van der Waals surface area (Å²) in [6, 6.07) is 20.7.